The van der Waals surface area contributed by atoms with Crippen LogP contribution in [-0.2, 0) is 78.2 Å². The van der Waals surface area contributed by atoms with Gasteiger partial charge in [-0.2, -0.15) is 0 Å². The summed E-state index contributed by atoms with van der Waals surface area (Å²) in [6, 6.07) is 1.84. The number of carbonyl (C=O) groups is 7. The molecule has 400 valence electrons. The zero-order valence-corrected chi connectivity index (χ0v) is 43.3. The number of cyclic esters (lactones) is 1. The second-order valence-electron chi connectivity index (χ2n) is 18.2. The fraction of sp³-hybridized carbons (Fsp3) is 0.449. The van der Waals surface area contributed by atoms with E-state index in [9.17, 15) is 56.3 Å². The third kappa shape index (κ3) is 13.9. The summed E-state index contributed by atoms with van der Waals surface area (Å²) in [7, 11) is -3.54. The monoisotopic (exact) mass is 1080 g/mol. The van der Waals surface area contributed by atoms with Gasteiger partial charge < -0.3 is 51.0 Å². The number of unbranched alkanes of at least 4 members (excludes halogenated alkanes) is 1. The molecular formula is C49H56ClFN10O13S. The van der Waals surface area contributed by atoms with Crippen molar-refractivity contribution >= 4 is 73.8 Å². The second kappa shape index (κ2) is 24.3. The van der Waals surface area contributed by atoms with E-state index in [1.54, 1.807) is 27.7 Å². The van der Waals surface area contributed by atoms with Crippen LogP contribution in [0.3, 0.4) is 0 Å². The Kier molecular flexibility index (Phi) is 18.4. The highest BCUT2D eigenvalue weighted by Crippen LogP contribution is 2.41. The molecule has 4 atom stereocenters. The van der Waals surface area contributed by atoms with Crippen molar-refractivity contribution in [3.05, 3.63) is 79.6 Å². The summed E-state index contributed by atoms with van der Waals surface area (Å²) in [6.45, 7) is 6.22. The SMILES string of the molecule is CC[C@@]1(O)C(=O)OCc2c1cc1n(c2=O)Cc2c-1nc1cc(F)c(Cl)cc1c2CNC(=O)C[C@H](C)OCNC(=O)[C@H](C)NC(=O)[C@@H](NC(=O)CNC(=O)CNC(=O)CCCC#Cc1cnc(S(C)(=O)=O)nc1)C(C)C. The summed E-state index contributed by atoms with van der Waals surface area (Å²) in [6.07, 6.45) is 3.32. The van der Waals surface area contributed by atoms with Gasteiger partial charge in [0.25, 0.3) is 5.56 Å². The molecule has 2 aliphatic heterocycles. The first kappa shape index (κ1) is 56.9. The number of fused-ring (bicyclic) bond motifs is 5. The van der Waals surface area contributed by atoms with Gasteiger partial charge in [-0.15, -0.1) is 0 Å². The number of ether oxygens (including phenoxy) is 2. The third-order valence-electron chi connectivity index (χ3n) is 12.2. The summed E-state index contributed by atoms with van der Waals surface area (Å²) in [5.74, 6) is -0.0624. The number of esters is 1. The molecule has 0 saturated heterocycles. The van der Waals surface area contributed by atoms with Crippen molar-refractivity contribution in [2.45, 2.75) is 115 Å². The van der Waals surface area contributed by atoms with Gasteiger partial charge in [-0.05, 0) is 50.3 Å². The highest BCUT2D eigenvalue weighted by molar-refractivity contribution is 7.90. The zero-order valence-electron chi connectivity index (χ0n) is 41.8. The van der Waals surface area contributed by atoms with E-state index in [1.807, 2.05) is 0 Å². The predicted octanol–water partition coefficient (Wildman–Crippen LogP) is 0.651. The Bertz CT molecular complexity index is 3180. The average molecular weight is 1080 g/mol. The molecule has 6 amide bonds. The van der Waals surface area contributed by atoms with Gasteiger partial charge in [-0.3, -0.25) is 33.6 Å². The van der Waals surface area contributed by atoms with E-state index >= 15 is 0 Å². The normalized spacial score (nSPS) is 15.7. The first-order valence-electron chi connectivity index (χ1n) is 23.7. The van der Waals surface area contributed by atoms with Crippen LogP contribution in [0.1, 0.15) is 94.5 Å². The van der Waals surface area contributed by atoms with E-state index in [0.717, 1.165) is 12.3 Å². The molecule has 26 heteroatoms. The lowest BCUT2D eigenvalue weighted by Crippen LogP contribution is -2.56. The zero-order chi connectivity index (χ0) is 54.9. The van der Waals surface area contributed by atoms with E-state index in [-0.39, 0.29) is 78.2 Å². The molecule has 1 aromatic carbocycles. The lowest BCUT2D eigenvalue weighted by molar-refractivity contribution is -0.172. The second-order valence-corrected chi connectivity index (χ2v) is 20.5. The third-order valence-corrected chi connectivity index (χ3v) is 13.4. The number of nitrogens with one attached hydrogen (secondary N) is 6. The van der Waals surface area contributed by atoms with E-state index < -0.39 is 105 Å². The molecule has 75 heavy (non-hydrogen) atoms. The quantitative estimate of drug-likeness (QED) is 0.0174. The van der Waals surface area contributed by atoms with E-state index in [0.29, 0.717) is 40.6 Å². The van der Waals surface area contributed by atoms with Crippen LogP contribution in [0.2, 0.25) is 5.02 Å². The van der Waals surface area contributed by atoms with Crippen molar-refractivity contribution in [2.75, 3.05) is 26.1 Å². The molecular weight excluding hydrogens is 1020 g/mol. The van der Waals surface area contributed by atoms with Gasteiger partial charge in [-0.1, -0.05) is 44.2 Å². The minimum Gasteiger partial charge on any atom is -0.458 e. The number of aliphatic hydroxyl groups is 1. The van der Waals surface area contributed by atoms with Gasteiger partial charge in [-0.25, -0.2) is 32.6 Å². The van der Waals surface area contributed by atoms with Gasteiger partial charge in [0.1, 0.15) is 31.2 Å². The lowest BCUT2D eigenvalue weighted by Gasteiger charge is -2.31. The van der Waals surface area contributed by atoms with Crippen molar-refractivity contribution < 1.29 is 61.0 Å². The number of sulfone groups is 1. The van der Waals surface area contributed by atoms with Gasteiger partial charge in [0.2, 0.25) is 50.4 Å². The molecule has 0 spiro atoms. The minimum absolute atomic E-state index is 0.00403. The molecule has 0 fully saturated rings. The van der Waals surface area contributed by atoms with Crippen LogP contribution in [0.5, 0.6) is 0 Å². The Hall–Kier alpha value is -7.40. The molecule has 6 rings (SSSR count). The van der Waals surface area contributed by atoms with Crippen LogP contribution >= 0.6 is 11.6 Å². The maximum atomic E-state index is 14.8. The molecule has 0 radical (unpaired) electrons. The van der Waals surface area contributed by atoms with Crippen molar-refractivity contribution in [3.63, 3.8) is 0 Å². The van der Waals surface area contributed by atoms with Gasteiger partial charge in [0, 0.05) is 60.6 Å². The Morgan fingerprint density at radius 2 is 1.63 bits per heavy atom. The molecule has 0 saturated carbocycles. The number of amides is 6. The largest absolute Gasteiger partial charge is 0.458 e. The number of nitrogens with zero attached hydrogens (tertiary/aromatic N) is 4. The molecule has 4 aromatic rings. The average Bonchev–Trinajstić information content (AvgIpc) is 3.73. The first-order valence-corrected chi connectivity index (χ1v) is 26.0. The summed E-state index contributed by atoms with van der Waals surface area (Å²) in [5, 5.41) is 26.4. The lowest BCUT2D eigenvalue weighted by atomic mass is 9.86. The molecule has 7 N–H and O–H groups in total. The van der Waals surface area contributed by atoms with Gasteiger partial charge >= 0.3 is 5.97 Å². The number of aromatic nitrogens is 4. The highest BCUT2D eigenvalue weighted by atomic mass is 35.5. The molecule has 3 aromatic heterocycles. The number of benzene rings is 1. The number of pyridine rings is 2. The Labute approximate surface area is 434 Å². The Morgan fingerprint density at radius 3 is 2.31 bits per heavy atom. The number of carbonyl (C=O) groups excluding carboxylic acids is 7. The summed E-state index contributed by atoms with van der Waals surface area (Å²) in [5.41, 5.74) is -0.162. The van der Waals surface area contributed by atoms with Gasteiger partial charge in [0.15, 0.2) is 5.60 Å². The van der Waals surface area contributed by atoms with Gasteiger partial charge in [0.05, 0.1) is 65.2 Å². The topological polar surface area (TPSA) is 325 Å². The number of halogens is 2. The van der Waals surface area contributed by atoms with E-state index in [1.165, 1.54) is 36.0 Å². The molecule has 5 heterocycles. The maximum Gasteiger partial charge on any atom is 0.343 e. The number of rotatable bonds is 21. The first-order chi connectivity index (χ1) is 35.4. The van der Waals surface area contributed by atoms with E-state index in [2.05, 4.69) is 58.7 Å². The summed E-state index contributed by atoms with van der Waals surface area (Å²) < 4.78 is 50.0. The maximum absolute atomic E-state index is 14.8. The smallest absolute Gasteiger partial charge is 0.343 e. The summed E-state index contributed by atoms with van der Waals surface area (Å²) in [4.78, 5) is 115. The van der Waals surface area contributed by atoms with Crippen LogP contribution in [0.4, 0.5) is 4.39 Å². The Morgan fingerprint density at radius 1 is 0.933 bits per heavy atom. The van der Waals surface area contributed by atoms with Crippen molar-refractivity contribution in [1.29, 1.82) is 0 Å². The van der Waals surface area contributed by atoms with Crippen LogP contribution in [-0.4, -0.2) is 119 Å². The Balaban J connectivity index is 0.921. The van der Waals surface area contributed by atoms with Crippen molar-refractivity contribution in [1.82, 2.24) is 51.4 Å². The van der Waals surface area contributed by atoms with Crippen LogP contribution in [0.25, 0.3) is 22.3 Å². The van der Waals surface area contributed by atoms with Crippen molar-refractivity contribution in [3.8, 4) is 23.2 Å². The number of hydrogen-bond donors (Lipinski definition) is 7. The minimum atomic E-state index is -3.54. The number of hydrogen-bond acceptors (Lipinski definition) is 16. The molecule has 0 aliphatic carbocycles. The van der Waals surface area contributed by atoms with E-state index in [4.69, 9.17) is 21.1 Å². The van der Waals surface area contributed by atoms with Crippen molar-refractivity contribution in [2.24, 2.45) is 5.92 Å². The molecule has 2 aliphatic rings. The summed E-state index contributed by atoms with van der Waals surface area (Å²) >= 11 is 6.20. The standard InChI is InChI=1S/C49H56ClFN10O13S/c1-7-49(70)33-15-37-43-31(22-61(37)46(68)32(33)23-73-47(49)69)30(29-14-34(50)35(51)16-36(29)59-43)19-52-39(63)13-26(4)74-24-57-44(66)27(5)58-45(67)42(25(2)3)60-41(65)21-54-40(64)20-53-38(62)12-10-8-9-11-28-17-55-48(56-18-28)75(6,71)72/h14-18,25-27,42,70H,7-8,10,12-13,19-24H2,1-6H3,(H,52,63)(H,53,62)(H,54,64)(H,57,66)(H,58,67)(H,60,65)/t26-,27-,42-,49-/m0/s1. The predicted molar refractivity (Wildman–Crippen MR) is 266 cm³/mol. The van der Waals surface area contributed by atoms with Crippen LogP contribution in [0, 0.1) is 23.6 Å². The fourth-order valence-electron chi connectivity index (χ4n) is 8.06. The molecule has 0 bridgehead atoms. The molecule has 0 unspecified atom stereocenters. The fourth-order valence-corrected chi connectivity index (χ4v) is 8.71. The van der Waals surface area contributed by atoms with Crippen LogP contribution < -0.4 is 37.5 Å². The molecule has 23 nitrogen and oxygen atoms in total. The van der Waals surface area contributed by atoms with Crippen LogP contribution in [0.15, 0.2) is 40.5 Å². The highest BCUT2D eigenvalue weighted by Gasteiger charge is 2.45.